The van der Waals surface area contributed by atoms with Crippen molar-refractivity contribution in [2.45, 2.75) is 23.0 Å². The Morgan fingerprint density at radius 2 is 1.63 bits per heavy atom. The van der Waals surface area contributed by atoms with Crippen LogP contribution in [0.1, 0.15) is 12.8 Å². The molecule has 7 heteroatoms. The number of rotatable bonds is 5. The Bertz CT molecular complexity index is 1150. The first-order valence-electron chi connectivity index (χ1n) is 9.82. The number of benzene rings is 3. The minimum absolute atomic E-state index is 0.0896. The molecule has 1 fully saturated rings. The summed E-state index contributed by atoms with van der Waals surface area (Å²) < 4.78 is 44.2. The van der Waals surface area contributed by atoms with Gasteiger partial charge in [-0.25, -0.2) is 12.8 Å². The second-order valence-corrected chi connectivity index (χ2v) is 9.60. The van der Waals surface area contributed by atoms with E-state index in [-0.39, 0.29) is 17.4 Å². The lowest BCUT2D eigenvalue weighted by Gasteiger charge is -2.31. The highest BCUT2D eigenvalue weighted by Gasteiger charge is 2.32. The van der Waals surface area contributed by atoms with Gasteiger partial charge in [0.05, 0.1) is 10.1 Å². The fraction of sp³-hybridized carbons (Fsp3) is 0.261. The van der Waals surface area contributed by atoms with Crippen molar-refractivity contribution < 1.29 is 22.3 Å². The molecule has 1 aliphatic rings. The zero-order valence-corrected chi connectivity index (χ0v) is 17.1. The number of likely N-dealkylation sites (tertiary alicyclic amines) is 1. The lowest BCUT2D eigenvalue weighted by Crippen LogP contribution is -2.44. The van der Waals surface area contributed by atoms with Gasteiger partial charge in [0.15, 0.2) is 16.4 Å². The van der Waals surface area contributed by atoms with Gasteiger partial charge < -0.3 is 9.64 Å². The number of ether oxygens (including phenoxy) is 1. The van der Waals surface area contributed by atoms with Crippen molar-refractivity contribution in [2.75, 3.05) is 19.7 Å². The molecule has 0 N–H and O–H groups in total. The van der Waals surface area contributed by atoms with Crippen LogP contribution < -0.4 is 4.74 Å². The van der Waals surface area contributed by atoms with E-state index >= 15 is 0 Å². The zero-order chi connectivity index (χ0) is 21.1. The number of halogens is 1. The van der Waals surface area contributed by atoms with E-state index < -0.39 is 20.9 Å². The minimum atomic E-state index is -3.54. The number of hydrogen-bond donors (Lipinski definition) is 0. The average Bonchev–Trinajstić information content (AvgIpc) is 2.77. The van der Waals surface area contributed by atoms with E-state index in [9.17, 15) is 17.6 Å². The van der Waals surface area contributed by atoms with E-state index in [0.29, 0.717) is 31.7 Å². The number of fused-ring (bicyclic) bond motifs is 1. The van der Waals surface area contributed by atoms with Gasteiger partial charge in [0.1, 0.15) is 11.6 Å². The van der Waals surface area contributed by atoms with Crippen LogP contribution in [0.15, 0.2) is 71.6 Å². The molecule has 0 bridgehead atoms. The average molecular weight is 427 g/mol. The summed E-state index contributed by atoms with van der Waals surface area (Å²) in [5, 5.41) is 1.56. The fourth-order valence-electron chi connectivity index (χ4n) is 3.73. The predicted octanol–water partition coefficient (Wildman–Crippen LogP) is 3.82. The Balaban J connectivity index is 1.33. The van der Waals surface area contributed by atoms with Gasteiger partial charge in [-0.15, -0.1) is 0 Å². The Morgan fingerprint density at radius 1 is 0.967 bits per heavy atom. The summed E-state index contributed by atoms with van der Waals surface area (Å²) in [5.74, 6) is -0.0163. The summed E-state index contributed by atoms with van der Waals surface area (Å²) >= 11 is 0. The van der Waals surface area contributed by atoms with E-state index in [2.05, 4.69) is 0 Å². The quantitative estimate of drug-likeness (QED) is 0.581. The van der Waals surface area contributed by atoms with Crippen LogP contribution in [-0.4, -0.2) is 44.2 Å². The first-order valence-corrected chi connectivity index (χ1v) is 11.4. The Kier molecular flexibility index (Phi) is 5.72. The molecule has 5 nitrogen and oxygen atoms in total. The van der Waals surface area contributed by atoms with Gasteiger partial charge in [0.2, 0.25) is 0 Å². The molecule has 3 aromatic carbocycles. The van der Waals surface area contributed by atoms with Gasteiger partial charge in [-0.2, -0.15) is 0 Å². The first kappa shape index (κ1) is 20.3. The molecule has 1 aliphatic heterocycles. The largest absolute Gasteiger partial charge is 0.484 e. The molecular weight excluding hydrogens is 405 g/mol. The molecule has 1 amide bonds. The minimum Gasteiger partial charge on any atom is -0.484 e. The van der Waals surface area contributed by atoms with Crippen molar-refractivity contribution in [3.8, 4) is 5.75 Å². The number of carbonyl (C=O) groups is 1. The summed E-state index contributed by atoms with van der Waals surface area (Å²) in [5.41, 5.74) is 0. The Morgan fingerprint density at radius 3 is 2.33 bits per heavy atom. The first-order chi connectivity index (χ1) is 14.4. The van der Waals surface area contributed by atoms with Crippen molar-refractivity contribution in [1.82, 2.24) is 4.90 Å². The predicted molar refractivity (Wildman–Crippen MR) is 113 cm³/mol. The molecule has 3 aromatic rings. The van der Waals surface area contributed by atoms with Gasteiger partial charge >= 0.3 is 0 Å². The molecule has 156 valence electrons. The van der Waals surface area contributed by atoms with Crippen LogP contribution >= 0.6 is 0 Å². The van der Waals surface area contributed by atoms with Gasteiger partial charge in [-0.3, -0.25) is 4.79 Å². The number of amides is 1. The highest BCUT2D eigenvalue weighted by Crippen LogP contribution is 2.25. The maximum Gasteiger partial charge on any atom is 0.260 e. The maximum atomic E-state index is 13.1. The molecule has 1 heterocycles. The summed E-state index contributed by atoms with van der Waals surface area (Å²) in [6.07, 6.45) is 0.697. The number of piperidine rings is 1. The highest BCUT2D eigenvalue weighted by molar-refractivity contribution is 7.92. The van der Waals surface area contributed by atoms with Gasteiger partial charge in [0.25, 0.3) is 5.91 Å². The molecule has 0 unspecified atom stereocenters. The van der Waals surface area contributed by atoms with Crippen LogP contribution in [0.3, 0.4) is 0 Å². The second-order valence-electron chi connectivity index (χ2n) is 7.38. The molecule has 4 rings (SSSR count). The summed E-state index contributed by atoms with van der Waals surface area (Å²) in [6, 6.07) is 18.4. The monoisotopic (exact) mass is 427 g/mol. The number of sulfone groups is 1. The third-order valence-electron chi connectivity index (χ3n) is 5.46. The molecule has 1 saturated heterocycles. The fourth-order valence-corrected chi connectivity index (χ4v) is 5.46. The zero-order valence-electron chi connectivity index (χ0n) is 16.3. The Hall–Kier alpha value is -2.93. The normalized spacial score (nSPS) is 15.3. The summed E-state index contributed by atoms with van der Waals surface area (Å²) in [4.78, 5) is 14.3. The van der Waals surface area contributed by atoms with Crippen molar-refractivity contribution >= 4 is 26.5 Å². The topological polar surface area (TPSA) is 63.7 Å². The van der Waals surface area contributed by atoms with Crippen LogP contribution in [0.5, 0.6) is 5.75 Å². The smallest absolute Gasteiger partial charge is 0.260 e. The molecular formula is C23H22FNO4S. The summed E-state index contributed by atoms with van der Waals surface area (Å²) in [7, 11) is -3.54. The van der Waals surface area contributed by atoms with Gasteiger partial charge in [-0.1, -0.05) is 30.3 Å². The van der Waals surface area contributed by atoms with Crippen molar-refractivity contribution in [3.05, 3.63) is 72.5 Å². The summed E-state index contributed by atoms with van der Waals surface area (Å²) in [6.45, 7) is 0.615. The standard InChI is InChI=1S/C23H22FNO4S/c24-19-6-9-21(10-7-19)30(27,28)22-11-13-25(14-12-22)23(26)16-29-20-8-5-17-3-1-2-4-18(17)15-20/h1-10,15,22H,11-14,16H2. The van der Waals surface area contributed by atoms with E-state index in [1.165, 1.54) is 12.1 Å². The van der Waals surface area contributed by atoms with E-state index in [4.69, 9.17) is 4.74 Å². The van der Waals surface area contributed by atoms with Crippen LogP contribution in [0.25, 0.3) is 10.8 Å². The van der Waals surface area contributed by atoms with Gasteiger partial charge in [0, 0.05) is 13.1 Å². The van der Waals surface area contributed by atoms with E-state index in [1.807, 2.05) is 42.5 Å². The second kappa shape index (κ2) is 8.44. The SMILES string of the molecule is O=C(COc1ccc2ccccc2c1)N1CCC(S(=O)(=O)c2ccc(F)cc2)CC1. The van der Waals surface area contributed by atoms with E-state index in [0.717, 1.165) is 22.9 Å². The molecule has 30 heavy (non-hydrogen) atoms. The van der Waals surface area contributed by atoms with Crippen molar-refractivity contribution in [1.29, 1.82) is 0 Å². The molecule has 0 atom stereocenters. The number of hydrogen-bond acceptors (Lipinski definition) is 4. The van der Waals surface area contributed by atoms with Crippen molar-refractivity contribution in [2.24, 2.45) is 0 Å². The molecule has 0 aromatic heterocycles. The lowest BCUT2D eigenvalue weighted by atomic mass is 10.1. The van der Waals surface area contributed by atoms with E-state index in [1.54, 1.807) is 4.90 Å². The number of carbonyl (C=O) groups excluding carboxylic acids is 1. The lowest BCUT2D eigenvalue weighted by molar-refractivity contribution is -0.134. The van der Waals surface area contributed by atoms with Crippen LogP contribution in [0.2, 0.25) is 0 Å². The molecule has 0 saturated carbocycles. The van der Waals surface area contributed by atoms with Crippen LogP contribution in [0.4, 0.5) is 4.39 Å². The molecule has 0 aliphatic carbocycles. The molecule has 0 spiro atoms. The van der Waals surface area contributed by atoms with Crippen LogP contribution in [0, 0.1) is 5.82 Å². The third-order valence-corrected chi connectivity index (χ3v) is 7.74. The maximum absolute atomic E-state index is 13.1. The Labute approximate surface area is 175 Å². The van der Waals surface area contributed by atoms with Gasteiger partial charge in [-0.05, 0) is 60.0 Å². The molecule has 0 radical (unpaired) electrons. The van der Waals surface area contributed by atoms with Crippen molar-refractivity contribution in [3.63, 3.8) is 0 Å². The number of nitrogens with zero attached hydrogens (tertiary/aromatic N) is 1. The third kappa shape index (κ3) is 4.31. The van der Waals surface area contributed by atoms with Crippen LogP contribution in [-0.2, 0) is 14.6 Å². The highest BCUT2D eigenvalue weighted by atomic mass is 32.2.